The van der Waals surface area contributed by atoms with Crippen molar-refractivity contribution in [3.05, 3.63) is 18.2 Å². The topological polar surface area (TPSA) is 71.5 Å². The Bertz CT molecular complexity index is 735. The van der Waals surface area contributed by atoms with Gasteiger partial charge in [0.2, 0.25) is 11.8 Å². The highest BCUT2D eigenvalue weighted by Crippen LogP contribution is 2.30. The van der Waals surface area contributed by atoms with Crippen LogP contribution in [0.15, 0.2) is 18.2 Å². The van der Waals surface area contributed by atoms with E-state index >= 15 is 0 Å². The van der Waals surface area contributed by atoms with Gasteiger partial charge in [0, 0.05) is 25.9 Å². The zero-order chi connectivity index (χ0) is 16.4. The SMILES string of the molecule is COc1ccc2nc(NC(=O)C3CCN(C(C)=O)CC3)sc2c1. The Morgan fingerprint density at radius 1 is 1.35 bits per heavy atom. The van der Waals surface area contributed by atoms with Crippen LogP contribution in [0.2, 0.25) is 0 Å². The van der Waals surface area contributed by atoms with Gasteiger partial charge in [0.15, 0.2) is 5.13 Å². The molecule has 3 rings (SSSR count). The number of ether oxygens (including phenoxy) is 1. The summed E-state index contributed by atoms with van der Waals surface area (Å²) in [4.78, 5) is 29.9. The number of benzene rings is 1. The van der Waals surface area contributed by atoms with Crippen molar-refractivity contribution in [2.75, 3.05) is 25.5 Å². The van der Waals surface area contributed by atoms with Crippen molar-refractivity contribution in [3.63, 3.8) is 0 Å². The van der Waals surface area contributed by atoms with Crippen LogP contribution in [0.1, 0.15) is 19.8 Å². The van der Waals surface area contributed by atoms with Crippen LogP contribution in [-0.2, 0) is 9.59 Å². The fourth-order valence-corrected chi connectivity index (χ4v) is 3.65. The standard InChI is InChI=1S/C16H19N3O3S/c1-10(20)19-7-5-11(6-8-19)15(21)18-16-17-13-4-3-12(22-2)9-14(13)23-16/h3-4,9,11H,5-8H2,1-2H3,(H,17,18,21). The van der Waals surface area contributed by atoms with Gasteiger partial charge < -0.3 is 15.0 Å². The molecule has 2 aromatic rings. The Hall–Kier alpha value is -2.15. The maximum Gasteiger partial charge on any atom is 0.229 e. The summed E-state index contributed by atoms with van der Waals surface area (Å²) in [7, 11) is 1.62. The highest BCUT2D eigenvalue weighted by atomic mass is 32.1. The largest absolute Gasteiger partial charge is 0.497 e. The molecule has 0 atom stereocenters. The lowest BCUT2D eigenvalue weighted by atomic mass is 9.96. The number of hydrogen-bond acceptors (Lipinski definition) is 5. The lowest BCUT2D eigenvalue weighted by Crippen LogP contribution is -2.40. The van der Waals surface area contributed by atoms with Crippen molar-refractivity contribution >= 4 is 38.5 Å². The molecule has 1 aliphatic heterocycles. The van der Waals surface area contributed by atoms with Crippen LogP contribution in [0.25, 0.3) is 10.2 Å². The molecule has 0 aliphatic carbocycles. The molecule has 122 valence electrons. The van der Waals surface area contributed by atoms with Gasteiger partial charge >= 0.3 is 0 Å². The molecule has 2 heterocycles. The van der Waals surface area contributed by atoms with Crippen molar-refractivity contribution < 1.29 is 14.3 Å². The number of nitrogens with one attached hydrogen (secondary N) is 1. The molecule has 0 saturated carbocycles. The van der Waals surface area contributed by atoms with Crippen LogP contribution in [0.4, 0.5) is 5.13 Å². The summed E-state index contributed by atoms with van der Waals surface area (Å²) in [5, 5.41) is 3.51. The summed E-state index contributed by atoms with van der Waals surface area (Å²) in [5.41, 5.74) is 0.845. The summed E-state index contributed by atoms with van der Waals surface area (Å²) in [5.74, 6) is 0.769. The molecule has 1 N–H and O–H groups in total. The predicted molar refractivity (Wildman–Crippen MR) is 89.8 cm³/mol. The van der Waals surface area contributed by atoms with E-state index in [1.165, 1.54) is 11.3 Å². The normalized spacial score (nSPS) is 15.7. The summed E-state index contributed by atoms with van der Waals surface area (Å²) < 4.78 is 6.17. The summed E-state index contributed by atoms with van der Waals surface area (Å²) >= 11 is 1.44. The molecule has 0 radical (unpaired) electrons. The minimum atomic E-state index is -0.0628. The van der Waals surface area contributed by atoms with E-state index < -0.39 is 0 Å². The Balaban J connectivity index is 1.65. The maximum atomic E-state index is 12.4. The predicted octanol–water partition coefficient (Wildman–Crippen LogP) is 2.50. The van der Waals surface area contributed by atoms with Crippen LogP contribution < -0.4 is 10.1 Å². The first kappa shape index (κ1) is 15.7. The second kappa shape index (κ2) is 6.54. The molecule has 2 amide bonds. The van der Waals surface area contributed by atoms with Crippen LogP contribution in [0.3, 0.4) is 0 Å². The number of piperidine rings is 1. The number of hydrogen-bond donors (Lipinski definition) is 1. The Labute approximate surface area is 138 Å². The summed E-state index contributed by atoms with van der Waals surface area (Å²) in [6, 6.07) is 5.64. The molecular formula is C16H19N3O3S. The van der Waals surface area contributed by atoms with E-state index in [9.17, 15) is 9.59 Å². The fourth-order valence-electron chi connectivity index (χ4n) is 2.75. The van der Waals surface area contributed by atoms with Crippen LogP contribution in [0, 0.1) is 5.92 Å². The van der Waals surface area contributed by atoms with Crippen molar-refractivity contribution in [1.29, 1.82) is 0 Å². The first-order chi connectivity index (χ1) is 11.1. The Morgan fingerprint density at radius 3 is 2.74 bits per heavy atom. The average molecular weight is 333 g/mol. The number of carbonyl (C=O) groups excluding carboxylic acids is 2. The van der Waals surface area contributed by atoms with E-state index in [4.69, 9.17) is 4.74 Å². The number of amides is 2. The number of likely N-dealkylation sites (tertiary alicyclic amines) is 1. The Morgan fingerprint density at radius 2 is 2.09 bits per heavy atom. The minimum absolute atomic E-state index is 0.0146. The fraction of sp³-hybridized carbons (Fsp3) is 0.438. The molecule has 1 saturated heterocycles. The van der Waals surface area contributed by atoms with E-state index in [0.29, 0.717) is 31.1 Å². The van der Waals surface area contributed by atoms with E-state index in [0.717, 1.165) is 16.0 Å². The third-order valence-electron chi connectivity index (χ3n) is 4.14. The summed E-state index contributed by atoms with van der Waals surface area (Å²) in [6.07, 6.45) is 1.40. The van der Waals surface area contributed by atoms with Gasteiger partial charge in [-0.2, -0.15) is 0 Å². The smallest absolute Gasteiger partial charge is 0.229 e. The first-order valence-electron chi connectivity index (χ1n) is 7.58. The van der Waals surface area contributed by atoms with Gasteiger partial charge in [-0.3, -0.25) is 9.59 Å². The molecule has 23 heavy (non-hydrogen) atoms. The second-order valence-electron chi connectivity index (χ2n) is 5.62. The molecule has 0 unspecified atom stereocenters. The van der Waals surface area contributed by atoms with Crippen molar-refractivity contribution in [2.45, 2.75) is 19.8 Å². The number of thiazole rings is 1. The maximum absolute atomic E-state index is 12.4. The molecule has 7 heteroatoms. The van der Waals surface area contributed by atoms with E-state index in [1.807, 2.05) is 18.2 Å². The average Bonchev–Trinajstić information content (AvgIpc) is 2.95. The second-order valence-corrected chi connectivity index (χ2v) is 6.65. The van der Waals surface area contributed by atoms with Crippen LogP contribution in [-0.4, -0.2) is 41.9 Å². The van der Waals surface area contributed by atoms with Crippen molar-refractivity contribution in [2.24, 2.45) is 5.92 Å². The van der Waals surface area contributed by atoms with Crippen LogP contribution >= 0.6 is 11.3 Å². The quantitative estimate of drug-likeness (QED) is 0.937. The van der Waals surface area contributed by atoms with E-state index in [2.05, 4.69) is 10.3 Å². The van der Waals surface area contributed by atoms with Crippen LogP contribution in [0.5, 0.6) is 5.75 Å². The van der Waals surface area contributed by atoms with Crippen molar-refractivity contribution in [3.8, 4) is 5.75 Å². The number of carbonyl (C=O) groups is 2. The molecule has 0 spiro atoms. The highest BCUT2D eigenvalue weighted by molar-refractivity contribution is 7.22. The molecule has 1 aromatic heterocycles. The van der Waals surface area contributed by atoms with Gasteiger partial charge in [0.25, 0.3) is 0 Å². The number of fused-ring (bicyclic) bond motifs is 1. The van der Waals surface area contributed by atoms with E-state index in [-0.39, 0.29) is 17.7 Å². The third kappa shape index (κ3) is 3.44. The highest BCUT2D eigenvalue weighted by Gasteiger charge is 2.26. The summed E-state index contributed by atoms with van der Waals surface area (Å²) in [6.45, 7) is 2.85. The zero-order valence-electron chi connectivity index (χ0n) is 13.2. The lowest BCUT2D eigenvalue weighted by molar-refractivity contribution is -0.132. The monoisotopic (exact) mass is 333 g/mol. The zero-order valence-corrected chi connectivity index (χ0v) is 14.0. The molecule has 1 aromatic carbocycles. The number of nitrogens with zero attached hydrogens (tertiary/aromatic N) is 2. The molecule has 1 aliphatic rings. The molecule has 1 fully saturated rings. The number of aromatic nitrogens is 1. The van der Waals surface area contributed by atoms with Gasteiger partial charge in [-0.15, -0.1) is 0 Å². The third-order valence-corrected chi connectivity index (χ3v) is 5.07. The lowest BCUT2D eigenvalue weighted by Gasteiger charge is -2.30. The van der Waals surface area contributed by atoms with Gasteiger partial charge in [-0.05, 0) is 31.0 Å². The molecule has 6 nitrogen and oxygen atoms in total. The van der Waals surface area contributed by atoms with E-state index in [1.54, 1.807) is 18.9 Å². The molecule has 0 bridgehead atoms. The van der Waals surface area contributed by atoms with Crippen molar-refractivity contribution in [1.82, 2.24) is 9.88 Å². The number of rotatable bonds is 3. The Kier molecular flexibility index (Phi) is 4.47. The first-order valence-corrected chi connectivity index (χ1v) is 8.39. The number of methoxy groups -OCH3 is 1. The van der Waals surface area contributed by atoms with Gasteiger partial charge in [0.1, 0.15) is 5.75 Å². The minimum Gasteiger partial charge on any atom is -0.497 e. The van der Waals surface area contributed by atoms with Gasteiger partial charge in [0.05, 0.1) is 17.3 Å². The number of anilines is 1. The van der Waals surface area contributed by atoms with Gasteiger partial charge in [-0.25, -0.2) is 4.98 Å². The molecular weight excluding hydrogens is 314 g/mol. The van der Waals surface area contributed by atoms with Gasteiger partial charge in [-0.1, -0.05) is 11.3 Å².